The summed E-state index contributed by atoms with van der Waals surface area (Å²) >= 11 is 0. The van der Waals surface area contributed by atoms with Gasteiger partial charge in [-0.2, -0.15) is 9.97 Å². The predicted molar refractivity (Wildman–Crippen MR) is 62.1 cm³/mol. The number of rotatable bonds is 5. The molecule has 4 N–H and O–H groups in total. The van der Waals surface area contributed by atoms with Gasteiger partial charge in [-0.05, 0) is 13.8 Å². The minimum atomic E-state index is -0.218. The van der Waals surface area contributed by atoms with Crippen molar-refractivity contribution in [3.05, 3.63) is 6.07 Å². The highest BCUT2D eigenvalue weighted by Gasteiger charge is 2.16. The fraction of sp³-hybridized carbons (Fsp3) is 0.600. The van der Waals surface area contributed by atoms with Crippen LogP contribution < -0.4 is 16.2 Å². The van der Waals surface area contributed by atoms with E-state index in [4.69, 9.17) is 20.9 Å². The summed E-state index contributed by atoms with van der Waals surface area (Å²) in [6.07, 6.45) is 0.743. The molecule has 1 aromatic rings. The minimum absolute atomic E-state index is 0.112. The lowest BCUT2D eigenvalue weighted by Crippen LogP contribution is -2.25. The van der Waals surface area contributed by atoms with Gasteiger partial charge in [0.15, 0.2) is 0 Å². The Morgan fingerprint density at radius 2 is 2.00 bits per heavy atom. The van der Waals surface area contributed by atoms with Crippen LogP contribution in [0, 0.1) is 0 Å². The maximum atomic E-state index is 5.51. The molecule has 0 amide bonds. The highest BCUT2D eigenvalue weighted by molar-refractivity contribution is 5.38. The van der Waals surface area contributed by atoms with Crippen molar-refractivity contribution in [1.82, 2.24) is 9.97 Å². The zero-order valence-electron chi connectivity index (χ0n) is 9.86. The predicted octanol–water partition coefficient (Wildman–Crippen LogP) is 0.835. The van der Waals surface area contributed by atoms with Gasteiger partial charge in [-0.3, -0.25) is 0 Å². The van der Waals surface area contributed by atoms with Gasteiger partial charge in [-0.25, -0.2) is 0 Å². The van der Waals surface area contributed by atoms with Crippen molar-refractivity contribution in [3.8, 4) is 5.88 Å². The molecule has 6 heteroatoms. The molecule has 0 aliphatic carbocycles. The zero-order valence-corrected chi connectivity index (χ0v) is 9.86. The van der Waals surface area contributed by atoms with Crippen LogP contribution in [0.1, 0.15) is 20.3 Å². The molecule has 0 aliphatic rings. The molecule has 1 aromatic heterocycles. The third-order valence-corrected chi connectivity index (χ3v) is 2.25. The van der Waals surface area contributed by atoms with Crippen molar-refractivity contribution in [1.29, 1.82) is 0 Å². The third-order valence-electron chi connectivity index (χ3n) is 2.25. The second-order valence-electron chi connectivity index (χ2n) is 4.05. The largest absolute Gasteiger partial charge is 0.477 e. The Labute approximate surface area is 95.0 Å². The summed E-state index contributed by atoms with van der Waals surface area (Å²) in [6, 6.07) is 1.54. The SMILES string of the molecule is COC(C)(C)CCOc1cc(N)nc(N)n1. The normalized spacial score (nSPS) is 11.4. The quantitative estimate of drug-likeness (QED) is 0.772. The molecule has 6 nitrogen and oxygen atoms in total. The van der Waals surface area contributed by atoms with E-state index in [1.54, 1.807) is 7.11 Å². The van der Waals surface area contributed by atoms with Crippen molar-refractivity contribution in [2.45, 2.75) is 25.9 Å². The fourth-order valence-corrected chi connectivity index (χ4v) is 1.04. The Balaban J connectivity index is 2.49. The average molecular weight is 226 g/mol. The third kappa shape index (κ3) is 3.90. The smallest absolute Gasteiger partial charge is 0.225 e. The lowest BCUT2D eigenvalue weighted by Gasteiger charge is -2.22. The van der Waals surface area contributed by atoms with Crippen molar-refractivity contribution >= 4 is 11.8 Å². The van der Waals surface area contributed by atoms with E-state index in [1.807, 2.05) is 13.8 Å². The topological polar surface area (TPSA) is 96.3 Å². The summed E-state index contributed by atoms with van der Waals surface area (Å²) in [4.78, 5) is 7.65. The monoisotopic (exact) mass is 226 g/mol. The molecule has 0 atom stereocenters. The van der Waals surface area contributed by atoms with Crippen molar-refractivity contribution in [3.63, 3.8) is 0 Å². The maximum Gasteiger partial charge on any atom is 0.225 e. The van der Waals surface area contributed by atoms with E-state index in [2.05, 4.69) is 9.97 Å². The molecule has 0 saturated heterocycles. The van der Waals surface area contributed by atoms with E-state index in [1.165, 1.54) is 6.07 Å². The second-order valence-corrected chi connectivity index (χ2v) is 4.05. The van der Waals surface area contributed by atoms with Crippen molar-refractivity contribution in [2.24, 2.45) is 0 Å². The number of ether oxygens (including phenoxy) is 2. The molecule has 0 fully saturated rings. The number of aromatic nitrogens is 2. The van der Waals surface area contributed by atoms with Gasteiger partial charge in [0.1, 0.15) is 5.82 Å². The van der Waals surface area contributed by atoms with Crippen LogP contribution in [-0.4, -0.2) is 29.3 Å². The number of nitrogens with zero attached hydrogens (tertiary/aromatic N) is 2. The first-order valence-corrected chi connectivity index (χ1v) is 5.01. The van der Waals surface area contributed by atoms with Crippen molar-refractivity contribution < 1.29 is 9.47 Å². The summed E-state index contributed by atoms with van der Waals surface area (Å²) in [5, 5.41) is 0. The van der Waals surface area contributed by atoms with Crippen LogP contribution >= 0.6 is 0 Å². The first-order valence-electron chi connectivity index (χ1n) is 5.01. The van der Waals surface area contributed by atoms with E-state index in [0.29, 0.717) is 18.3 Å². The lowest BCUT2D eigenvalue weighted by atomic mass is 10.1. The maximum absolute atomic E-state index is 5.51. The van der Waals surface area contributed by atoms with E-state index in [-0.39, 0.29) is 11.5 Å². The molecule has 0 saturated carbocycles. The van der Waals surface area contributed by atoms with Gasteiger partial charge in [0, 0.05) is 19.6 Å². The van der Waals surface area contributed by atoms with E-state index in [9.17, 15) is 0 Å². The number of nitrogen functional groups attached to an aromatic ring is 2. The Kier molecular flexibility index (Phi) is 3.89. The van der Waals surface area contributed by atoms with Crippen LogP contribution in [0.3, 0.4) is 0 Å². The molecular formula is C10H18N4O2. The number of methoxy groups -OCH3 is 1. The van der Waals surface area contributed by atoms with Crippen LogP contribution in [0.5, 0.6) is 5.88 Å². The Morgan fingerprint density at radius 1 is 1.31 bits per heavy atom. The second kappa shape index (κ2) is 4.98. The molecule has 0 bridgehead atoms. The molecule has 0 aliphatic heterocycles. The first kappa shape index (κ1) is 12.5. The Morgan fingerprint density at radius 3 is 2.56 bits per heavy atom. The van der Waals surface area contributed by atoms with Crippen LogP contribution in [0.15, 0.2) is 6.07 Å². The summed E-state index contributed by atoms with van der Waals surface area (Å²) in [6.45, 7) is 4.45. The summed E-state index contributed by atoms with van der Waals surface area (Å²) < 4.78 is 10.7. The molecule has 16 heavy (non-hydrogen) atoms. The molecule has 0 spiro atoms. The van der Waals surface area contributed by atoms with Crippen LogP contribution in [0.4, 0.5) is 11.8 Å². The van der Waals surface area contributed by atoms with Crippen LogP contribution in [-0.2, 0) is 4.74 Å². The number of anilines is 2. The van der Waals surface area contributed by atoms with Crippen LogP contribution in [0.2, 0.25) is 0 Å². The van der Waals surface area contributed by atoms with E-state index >= 15 is 0 Å². The number of hydrogen-bond acceptors (Lipinski definition) is 6. The molecular weight excluding hydrogens is 208 g/mol. The van der Waals surface area contributed by atoms with Gasteiger partial charge in [-0.1, -0.05) is 0 Å². The highest BCUT2D eigenvalue weighted by Crippen LogP contribution is 2.16. The molecule has 90 valence electrons. The first-order chi connectivity index (χ1) is 7.43. The highest BCUT2D eigenvalue weighted by atomic mass is 16.5. The van der Waals surface area contributed by atoms with Gasteiger partial charge >= 0.3 is 0 Å². The Bertz CT molecular complexity index is 334. The number of hydrogen-bond donors (Lipinski definition) is 2. The molecule has 0 aromatic carbocycles. The summed E-state index contributed by atoms with van der Waals surface area (Å²) in [7, 11) is 1.67. The van der Waals surface area contributed by atoms with E-state index in [0.717, 1.165) is 6.42 Å². The zero-order chi connectivity index (χ0) is 12.2. The molecule has 1 rings (SSSR count). The van der Waals surface area contributed by atoms with Crippen molar-refractivity contribution in [2.75, 3.05) is 25.2 Å². The van der Waals surface area contributed by atoms with Gasteiger partial charge in [0.25, 0.3) is 0 Å². The lowest BCUT2D eigenvalue weighted by molar-refractivity contribution is 0.00510. The molecule has 0 radical (unpaired) electrons. The van der Waals surface area contributed by atoms with Crippen LogP contribution in [0.25, 0.3) is 0 Å². The van der Waals surface area contributed by atoms with Gasteiger partial charge in [0.2, 0.25) is 11.8 Å². The summed E-state index contributed by atoms with van der Waals surface area (Å²) in [5.41, 5.74) is 10.7. The fourth-order valence-electron chi connectivity index (χ4n) is 1.04. The van der Waals surface area contributed by atoms with Gasteiger partial charge < -0.3 is 20.9 Å². The van der Waals surface area contributed by atoms with Gasteiger partial charge in [-0.15, -0.1) is 0 Å². The molecule has 0 unspecified atom stereocenters. The average Bonchev–Trinajstić information content (AvgIpc) is 2.16. The van der Waals surface area contributed by atoms with Gasteiger partial charge in [0.05, 0.1) is 12.2 Å². The number of nitrogens with two attached hydrogens (primary N) is 2. The summed E-state index contributed by atoms with van der Waals surface area (Å²) in [5.74, 6) is 0.798. The standard InChI is InChI=1S/C10H18N4O2/c1-10(2,15-3)4-5-16-8-6-7(11)13-9(12)14-8/h6H,4-5H2,1-3H3,(H4,11,12,13,14). The Hall–Kier alpha value is -1.56. The molecule has 1 heterocycles. The van der Waals surface area contributed by atoms with E-state index < -0.39 is 0 Å². The minimum Gasteiger partial charge on any atom is -0.477 e.